The summed E-state index contributed by atoms with van der Waals surface area (Å²) < 4.78 is 34.0. The first kappa shape index (κ1) is 23.4. The number of carbonyl (C=O) groups is 1. The molecule has 0 aliphatic rings. The van der Waals surface area contributed by atoms with Crippen molar-refractivity contribution in [2.75, 3.05) is 16.6 Å². The summed E-state index contributed by atoms with van der Waals surface area (Å²) in [5.74, 6) is 0.0882. The van der Waals surface area contributed by atoms with Crippen molar-refractivity contribution in [3.63, 3.8) is 0 Å². The Hall–Kier alpha value is -3.29. The molecule has 3 rings (SSSR count). The molecule has 0 saturated heterocycles. The van der Waals surface area contributed by atoms with Gasteiger partial charge in [0.1, 0.15) is 17.3 Å². The molecule has 2 N–H and O–H groups in total. The van der Waals surface area contributed by atoms with E-state index in [2.05, 4.69) is 16.6 Å². The third kappa shape index (κ3) is 5.69. The van der Waals surface area contributed by atoms with Crippen LogP contribution in [0.3, 0.4) is 0 Å². The zero-order valence-electron chi connectivity index (χ0n) is 17.7. The summed E-state index contributed by atoms with van der Waals surface area (Å²) in [4.78, 5) is 12.6. The lowest BCUT2D eigenvalue weighted by Crippen LogP contribution is -2.17. The number of amides is 1. The van der Waals surface area contributed by atoms with E-state index in [0.29, 0.717) is 23.7 Å². The highest BCUT2D eigenvalue weighted by molar-refractivity contribution is 7.92. The lowest BCUT2D eigenvalue weighted by Gasteiger charge is -2.13. The number of hydrogen-bond acceptors (Lipinski definition) is 4. The zero-order chi connectivity index (χ0) is 23.3. The van der Waals surface area contributed by atoms with E-state index in [4.69, 9.17) is 16.3 Å². The Labute approximate surface area is 192 Å². The largest absolute Gasteiger partial charge is 0.489 e. The zero-order valence-corrected chi connectivity index (χ0v) is 19.3. The maximum atomic E-state index is 13.0. The normalized spacial score (nSPS) is 11.0. The molecule has 0 fully saturated rings. The topological polar surface area (TPSA) is 84.5 Å². The lowest BCUT2D eigenvalue weighted by atomic mass is 10.1. The highest BCUT2D eigenvalue weighted by Crippen LogP contribution is 2.27. The van der Waals surface area contributed by atoms with Crippen LogP contribution in [0.1, 0.15) is 21.5 Å². The molecule has 0 saturated carbocycles. The van der Waals surface area contributed by atoms with Gasteiger partial charge in [-0.1, -0.05) is 48.0 Å². The van der Waals surface area contributed by atoms with E-state index in [1.165, 1.54) is 18.2 Å². The van der Waals surface area contributed by atoms with Crippen LogP contribution in [0, 0.1) is 13.8 Å². The SMILES string of the molecule is C=CCOc1cccc(NC(=O)c2ccc(Cl)c(S(=O)(=O)Nc3ccc(C)cc3C)c2)c1. The van der Waals surface area contributed by atoms with Gasteiger partial charge in [-0.2, -0.15) is 0 Å². The number of carbonyl (C=O) groups excluding carboxylic acids is 1. The predicted molar refractivity (Wildman–Crippen MR) is 128 cm³/mol. The van der Waals surface area contributed by atoms with Gasteiger partial charge < -0.3 is 10.1 Å². The Morgan fingerprint density at radius 2 is 1.88 bits per heavy atom. The van der Waals surface area contributed by atoms with E-state index in [0.717, 1.165) is 11.1 Å². The summed E-state index contributed by atoms with van der Waals surface area (Å²) in [6, 6.07) is 16.3. The van der Waals surface area contributed by atoms with Crippen molar-refractivity contribution in [1.82, 2.24) is 0 Å². The minimum absolute atomic E-state index is 0.0126. The molecule has 0 aliphatic carbocycles. The predicted octanol–water partition coefficient (Wildman–Crippen LogP) is 5.57. The van der Waals surface area contributed by atoms with E-state index in [1.54, 1.807) is 36.4 Å². The molecule has 0 spiro atoms. The van der Waals surface area contributed by atoms with Gasteiger partial charge in [-0.25, -0.2) is 8.42 Å². The number of nitrogens with one attached hydrogen (secondary N) is 2. The first-order chi connectivity index (χ1) is 15.2. The van der Waals surface area contributed by atoms with Crippen molar-refractivity contribution in [2.45, 2.75) is 18.7 Å². The van der Waals surface area contributed by atoms with Gasteiger partial charge >= 0.3 is 0 Å². The molecule has 0 heterocycles. The van der Waals surface area contributed by atoms with E-state index < -0.39 is 15.9 Å². The summed E-state index contributed by atoms with van der Waals surface area (Å²) in [5, 5.41) is 2.75. The van der Waals surface area contributed by atoms with Crippen LogP contribution in [0.2, 0.25) is 5.02 Å². The molecule has 0 radical (unpaired) electrons. The van der Waals surface area contributed by atoms with Crippen molar-refractivity contribution in [3.05, 3.63) is 95.0 Å². The minimum Gasteiger partial charge on any atom is -0.489 e. The third-order valence-corrected chi connectivity index (χ3v) is 6.42. The minimum atomic E-state index is -4.02. The van der Waals surface area contributed by atoms with Crippen molar-refractivity contribution < 1.29 is 17.9 Å². The molecule has 0 aliphatic heterocycles. The molecule has 32 heavy (non-hydrogen) atoms. The van der Waals surface area contributed by atoms with Crippen LogP contribution in [0.15, 0.2) is 78.2 Å². The molecule has 0 bridgehead atoms. The second-order valence-electron chi connectivity index (χ2n) is 7.15. The first-order valence-electron chi connectivity index (χ1n) is 9.74. The Balaban J connectivity index is 1.84. The Morgan fingerprint density at radius 3 is 2.59 bits per heavy atom. The van der Waals surface area contributed by atoms with Crippen molar-refractivity contribution in [1.29, 1.82) is 0 Å². The maximum absolute atomic E-state index is 13.0. The molecule has 3 aromatic rings. The quantitative estimate of drug-likeness (QED) is 0.421. The van der Waals surface area contributed by atoms with E-state index in [-0.39, 0.29) is 15.5 Å². The summed E-state index contributed by atoms with van der Waals surface area (Å²) in [5.41, 5.74) is 2.88. The number of halogens is 1. The van der Waals surface area contributed by atoms with Crippen LogP contribution in [-0.2, 0) is 10.0 Å². The van der Waals surface area contributed by atoms with Gasteiger partial charge in [0.2, 0.25) is 0 Å². The van der Waals surface area contributed by atoms with Crippen molar-refractivity contribution in [2.24, 2.45) is 0 Å². The maximum Gasteiger partial charge on any atom is 0.263 e. The lowest BCUT2D eigenvalue weighted by molar-refractivity contribution is 0.102. The van der Waals surface area contributed by atoms with Gasteiger partial charge in [-0.3, -0.25) is 9.52 Å². The molecule has 8 heteroatoms. The van der Waals surface area contributed by atoms with Gasteiger partial charge in [0.05, 0.1) is 10.7 Å². The average molecular weight is 471 g/mol. The number of benzene rings is 3. The van der Waals surface area contributed by atoms with Gasteiger partial charge in [0.15, 0.2) is 0 Å². The number of aryl methyl sites for hydroxylation is 2. The fourth-order valence-electron chi connectivity index (χ4n) is 3.00. The average Bonchev–Trinajstić information content (AvgIpc) is 2.74. The number of hydrogen-bond donors (Lipinski definition) is 2. The van der Waals surface area contributed by atoms with Gasteiger partial charge in [-0.15, -0.1) is 0 Å². The molecular formula is C24H23ClN2O4S. The summed E-state index contributed by atoms with van der Waals surface area (Å²) in [6.45, 7) is 7.66. The van der Waals surface area contributed by atoms with Crippen LogP contribution in [0.4, 0.5) is 11.4 Å². The van der Waals surface area contributed by atoms with Gasteiger partial charge in [-0.05, 0) is 55.8 Å². The summed E-state index contributed by atoms with van der Waals surface area (Å²) in [6.07, 6.45) is 1.62. The molecular weight excluding hydrogens is 448 g/mol. The fraction of sp³-hybridized carbons (Fsp3) is 0.125. The highest BCUT2D eigenvalue weighted by Gasteiger charge is 2.21. The molecule has 0 atom stereocenters. The van der Waals surface area contributed by atoms with Gasteiger partial charge in [0.25, 0.3) is 15.9 Å². The number of ether oxygens (including phenoxy) is 1. The fourth-order valence-corrected chi connectivity index (χ4v) is 4.66. The van der Waals surface area contributed by atoms with E-state index >= 15 is 0 Å². The molecule has 3 aromatic carbocycles. The first-order valence-corrected chi connectivity index (χ1v) is 11.6. The number of sulfonamides is 1. The summed E-state index contributed by atoms with van der Waals surface area (Å²) >= 11 is 6.17. The van der Waals surface area contributed by atoms with E-state index in [1.807, 2.05) is 26.0 Å². The number of anilines is 2. The Kier molecular flexibility index (Phi) is 7.22. The van der Waals surface area contributed by atoms with Crippen LogP contribution < -0.4 is 14.8 Å². The molecule has 1 amide bonds. The van der Waals surface area contributed by atoms with Crippen molar-refractivity contribution >= 4 is 38.9 Å². The Morgan fingerprint density at radius 1 is 1.09 bits per heavy atom. The monoisotopic (exact) mass is 470 g/mol. The smallest absolute Gasteiger partial charge is 0.263 e. The standard InChI is InChI=1S/C24H23ClN2O4S/c1-4-12-31-20-7-5-6-19(15-20)26-24(28)18-9-10-21(25)23(14-18)32(29,30)27-22-11-8-16(2)13-17(22)3/h4-11,13-15,27H,1,12H2,2-3H3,(H,26,28). The van der Waals surface area contributed by atoms with Crippen molar-refractivity contribution in [3.8, 4) is 5.75 Å². The van der Waals surface area contributed by atoms with Crippen LogP contribution in [-0.4, -0.2) is 20.9 Å². The summed E-state index contributed by atoms with van der Waals surface area (Å²) in [7, 11) is -4.02. The van der Waals surface area contributed by atoms with Crippen LogP contribution in [0.25, 0.3) is 0 Å². The molecule has 166 valence electrons. The van der Waals surface area contributed by atoms with Crippen LogP contribution in [0.5, 0.6) is 5.75 Å². The van der Waals surface area contributed by atoms with Crippen LogP contribution >= 0.6 is 11.6 Å². The molecule has 0 aromatic heterocycles. The second-order valence-corrected chi connectivity index (χ2v) is 9.21. The second kappa shape index (κ2) is 9.89. The molecule has 6 nitrogen and oxygen atoms in total. The Bertz CT molecular complexity index is 1270. The third-order valence-electron chi connectivity index (χ3n) is 4.57. The molecule has 0 unspecified atom stereocenters. The van der Waals surface area contributed by atoms with E-state index in [9.17, 15) is 13.2 Å². The number of rotatable bonds is 8. The highest BCUT2D eigenvalue weighted by atomic mass is 35.5. The van der Waals surface area contributed by atoms with Gasteiger partial charge in [0, 0.05) is 17.3 Å².